The third-order valence-corrected chi connectivity index (χ3v) is 3.17. The molecular weight excluding hydrogens is 276 g/mol. The SMILES string of the molecule is Cc1nn(CC(O)CNCc2ccco2)c(C)c1[N+](=O)[O-]. The molecule has 2 aromatic heterocycles. The van der Waals surface area contributed by atoms with E-state index in [4.69, 9.17) is 4.42 Å². The second-order valence-corrected chi connectivity index (χ2v) is 4.82. The van der Waals surface area contributed by atoms with Crippen molar-refractivity contribution >= 4 is 5.69 Å². The quantitative estimate of drug-likeness (QED) is 0.586. The van der Waals surface area contributed by atoms with E-state index in [1.165, 1.54) is 4.68 Å². The maximum atomic E-state index is 10.9. The molecule has 0 spiro atoms. The first-order chi connectivity index (χ1) is 9.99. The standard InChI is InChI=1S/C13H18N4O4/c1-9-13(17(19)20)10(2)16(15-9)8-11(18)6-14-7-12-4-3-5-21-12/h3-5,11,14,18H,6-8H2,1-2H3. The third-order valence-electron chi connectivity index (χ3n) is 3.17. The van der Waals surface area contributed by atoms with E-state index in [9.17, 15) is 15.2 Å². The minimum Gasteiger partial charge on any atom is -0.468 e. The van der Waals surface area contributed by atoms with Crippen LogP contribution < -0.4 is 5.32 Å². The van der Waals surface area contributed by atoms with Gasteiger partial charge >= 0.3 is 5.69 Å². The van der Waals surface area contributed by atoms with Gasteiger partial charge in [-0.25, -0.2) is 0 Å². The second-order valence-electron chi connectivity index (χ2n) is 4.82. The summed E-state index contributed by atoms with van der Waals surface area (Å²) in [6, 6.07) is 3.63. The van der Waals surface area contributed by atoms with Gasteiger partial charge in [0.1, 0.15) is 17.1 Å². The van der Waals surface area contributed by atoms with E-state index in [-0.39, 0.29) is 12.2 Å². The molecule has 114 valence electrons. The molecule has 1 unspecified atom stereocenters. The molecule has 2 aromatic rings. The molecule has 2 N–H and O–H groups in total. The normalized spacial score (nSPS) is 12.5. The molecule has 0 aromatic carbocycles. The van der Waals surface area contributed by atoms with Crippen LogP contribution in [-0.2, 0) is 13.1 Å². The fraction of sp³-hybridized carbons (Fsp3) is 0.462. The number of rotatable bonds is 7. The summed E-state index contributed by atoms with van der Waals surface area (Å²) in [5.41, 5.74) is 0.807. The van der Waals surface area contributed by atoms with Gasteiger partial charge < -0.3 is 14.8 Å². The van der Waals surface area contributed by atoms with E-state index in [0.29, 0.717) is 24.5 Å². The minimum absolute atomic E-state index is 0.00532. The molecule has 0 bridgehead atoms. The van der Waals surface area contributed by atoms with Gasteiger partial charge in [0.25, 0.3) is 0 Å². The molecule has 2 rings (SSSR count). The number of nitrogens with zero attached hydrogens (tertiary/aromatic N) is 3. The van der Waals surface area contributed by atoms with Gasteiger partial charge in [-0.3, -0.25) is 14.8 Å². The lowest BCUT2D eigenvalue weighted by atomic mass is 10.3. The van der Waals surface area contributed by atoms with E-state index in [2.05, 4.69) is 10.4 Å². The van der Waals surface area contributed by atoms with E-state index >= 15 is 0 Å². The highest BCUT2D eigenvalue weighted by Crippen LogP contribution is 2.21. The van der Waals surface area contributed by atoms with E-state index in [0.717, 1.165) is 5.76 Å². The first-order valence-corrected chi connectivity index (χ1v) is 6.58. The number of aliphatic hydroxyl groups excluding tert-OH is 1. The number of aryl methyl sites for hydroxylation is 1. The van der Waals surface area contributed by atoms with Crippen molar-refractivity contribution in [2.75, 3.05) is 6.54 Å². The van der Waals surface area contributed by atoms with Gasteiger partial charge in [-0.05, 0) is 26.0 Å². The van der Waals surface area contributed by atoms with Gasteiger partial charge in [-0.15, -0.1) is 0 Å². The second kappa shape index (κ2) is 6.51. The van der Waals surface area contributed by atoms with Crippen molar-refractivity contribution in [3.8, 4) is 0 Å². The zero-order valence-electron chi connectivity index (χ0n) is 11.9. The van der Waals surface area contributed by atoms with E-state index in [1.807, 2.05) is 6.07 Å². The Kier molecular flexibility index (Phi) is 4.71. The predicted octanol–water partition coefficient (Wildman–Crippen LogP) is 1.15. The van der Waals surface area contributed by atoms with Crippen LogP contribution in [0.1, 0.15) is 17.1 Å². The summed E-state index contributed by atoms with van der Waals surface area (Å²) in [4.78, 5) is 10.5. The van der Waals surface area contributed by atoms with Crippen LogP contribution in [0.25, 0.3) is 0 Å². The lowest BCUT2D eigenvalue weighted by Gasteiger charge is -2.12. The Balaban J connectivity index is 1.89. The Morgan fingerprint density at radius 1 is 1.57 bits per heavy atom. The summed E-state index contributed by atoms with van der Waals surface area (Å²) in [6.07, 6.45) is 0.889. The number of hydrogen-bond acceptors (Lipinski definition) is 6. The van der Waals surface area contributed by atoms with Crippen molar-refractivity contribution in [2.45, 2.75) is 33.0 Å². The van der Waals surface area contributed by atoms with Crippen LogP contribution in [0.15, 0.2) is 22.8 Å². The Hall–Kier alpha value is -2.19. The van der Waals surface area contributed by atoms with Crippen molar-refractivity contribution in [1.29, 1.82) is 0 Å². The van der Waals surface area contributed by atoms with Crippen molar-refractivity contribution in [3.05, 3.63) is 45.7 Å². The average molecular weight is 294 g/mol. The number of furan rings is 1. The van der Waals surface area contributed by atoms with Crippen LogP contribution in [0.3, 0.4) is 0 Å². The Morgan fingerprint density at radius 3 is 2.90 bits per heavy atom. The van der Waals surface area contributed by atoms with Gasteiger partial charge in [0.2, 0.25) is 0 Å². The highest BCUT2D eigenvalue weighted by Gasteiger charge is 2.22. The summed E-state index contributed by atoms with van der Waals surface area (Å²) >= 11 is 0. The smallest absolute Gasteiger partial charge is 0.312 e. The van der Waals surface area contributed by atoms with Crippen LogP contribution in [0.5, 0.6) is 0 Å². The fourth-order valence-electron chi connectivity index (χ4n) is 2.17. The third kappa shape index (κ3) is 3.67. The minimum atomic E-state index is -0.697. The van der Waals surface area contributed by atoms with E-state index < -0.39 is 11.0 Å². The maximum absolute atomic E-state index is 10.9. The molecule has 21 heavy (non-hydrogen) atoms. The van der Waals surface area contributed by atoms with Gasteiger partial charge in [0.15, 0.2) is 0 Å². The molecule has 0 saturated carbocycles. The summed E-state index contributed by atoms with van der Waals surface area (Å²) in [5, 5.41) is 28.0. The molecule has 0 radical (unpaired) electrons. The van der Waals surface area contributed by atoms with Gasteiger partial charge in [-0.2, -0.15) is 5.10 Å². The number of hydrogen-bond donors (Lipinski definition) is 2. The van der Waals surface area contributed by atoms with Crippen molar-refractivity contribution in [1.82, 2.24) is 15.1 Å². The highest BCUT2D eigenvalue weighted by molar-refractivity contribution is 5.39. The number of nitro groups is 1. The molecule has 0 fully saturated rings. The lowest BCUT2D eigenvalue weighted by molar-refractivity contribution is -0.386. The number of aromatic nitrogens is 2. The summed E-state index contributed by atoms with van der Waals surface area (Å²) in [5.74, 6) is 0.781. The Labute approximate surface area is 121 Å². The zero-order chi connectivity index (χ0) is 15.4. The monoisotopic (exact) mass is 294 g/mol. The van der Waals surface area contributed by atoms with Crippen LogP contribution in [0, 0.1) is 24.0 Å². The Morgan fingerprint density at radius 2 is 2.33 bits per heavy atom. The van der Waals surface area contributed by atoms with Crippen molar-refractivity contribution < 1.29 is 14.4 Å². The summed E-state index contributed by atoms with van der Waals surface area (Å²) in [6.45, 7) is 4.27. The topological polar surface area (TPSA) is 106 Å². The maximum Gasteiger partial charge on any atom is 0.312 e. The molecule has 0 aliphatic heterocycles. The molecule has 8 nitrogen and oxygen atoms in total. The van der Waals surface area contributed by atoms with Crippen LogP contribution >= 0.6 is 0 Å². The first-order valence-electron chi connectivity index (χ1n) is 6.58. The Bertz CT molecular complexity index is 606. The van der Waals surface area contributed by atoms with Crippen LogP contribution in [0.4, 0.5) is 5.69 Å². The molecule has 0 aliphatic carbocycles. The first kappa shape index (κ1) is 15.2. The fourth-order valence-corrected chi connectivity index (χ4v) is 2.17. The predicted molar refractivity (Wildman–Crippen MR) is 74.8 cm³/mol. The molecular formula is C13H18N4O4. The van der Waals surface area contributed by atoms with Crippen molar-refractivity contribution in [3.63, 3.8) is 0 Å². The number of aliphatic hydroxyl groups is 1. The average Bonchev–Trinajstić information content (AvgIpc) is 2.99. The van der Waals surface area contributed by atoms with Gasteiger partial charge in [-0.1, -0.05) is 0 Å². The molecule has 1 atom stereocenters. The zero-order valence-corrected chi connectivity index (χ0v) is 11.9. The lowest BCUT2D eigenvalue weighted by Crippen LogP contribution is -2.30. The summed E-state index contributed by atoms with van der Waals surface area (Å²) < 4.78 is 6.63. The van der Waals surface area contributed by atoms with Crippen molar-refractivity contribution in [2.24, 2.45) is 0 Å². The van der Waals surface area contributed by atoms with Gasteiger partial charge in [0, 0.05) is 6.54 Å². The summed E-state index contributed by atoms with van der Waals surface area (Å²) in [7, 11) is 0. The highest BCUT2D eigenvalue weighted by atomic mass is 16.6. The molecule has 2 heterocycles. The van der Waals surface area contributed by atoms with Gasteiger partial charge in [0.05, 0.1) is 30.4 Å². The van der Waals surface area contributed by atoms with Crippen LogP contribution in [0.2, 0.25) is 0 Å². The molecule has 0 saturated heterocycles. The largest absolute Gasteiger partial charge is 0.468 e. The molecule has 8 heteroatoms. The number of nitrogens with one attached hydrogen (secondary N) is 1. The molecule has 0 amide bonds. The van der Waals surface area contributed by atoms with Crippen LogP contribution in [-0.4, -0.2) is 32.5 Å². The van der Waals surface area contributed by atoms with E-state index in [1.54, 1.807) is 26.2 Å². The molecule has 0 aliphatic rings.